The number of hydrogen-bond acceptors (Lipinski definition) is 3. The van der Waals surface area contributed by atoms with E-state index in [4.69, 9.17) is 4.74 Å². The number of carbonyl (C=O) groups is 2. The molecule has 0 aliphatic carbocycles. The summed E-state index contributed by atoms with van der Waals surface area (Å²) in [6.07, 6.45) is 1.07. The molecule has 0 aliphatic heterocycles. The van der Waals surface area contributed by atoms with Gasteiger partial charge < -0.3 is 15.4 Å². The fourth-order valence-corrected chi connectivity index (χ4v) is 3.41. The average molecular weight is 467 g/mol. The summed E-state index contributed by atoms with van der Waals surface area (Å²) in [5, 5.41) is 5.74. The molecule has 6 heteroatoms. The van der Waals surface area contributed by atoms with E-state index in [1.807, 2.05) is 37.3 Å². The van der Waals surface area contributed by atoms with Crippen molar-refractivity contribution < 1.29 is 14.3 Å². The standard InChI is InChI=1S/C24H23BrN2O3/c1-2-30-22-13-12-18(15-21(22)25)24(29)27-20-10-6-9-19(16-20)26-23(28)14-11-17-7-4-3-5-8-17/h3-10,12-13,15-16H,2,11,14H2,1H3,(H,26,28)(H,27,29). The second kappa shape index (κ2) is 10.6. The van der Waals surface area contributed by atoms with Crippen LogP contribution >= 0.6 is 15.9 Å². The molecule has 2 N–H and O–H groups in total. The van der Waals surface area contributed by atoms with E-state index in [0.29, 0.717) is 42.1 Å². The Labute approximate surface area is 184 Å². The maximum Gasteiger partial charge on any atom is 0.255 e. The number of nitrogens with one attached hydrogen (secondary N) is 2. The number of benzene rings is 3. The molecule has 0 fully saturated rings. The molecule has 5 nitrogen and oxygen atoms in total. The number of ether oxygens (including phenoxy) is 1. The lowest BCUT2D eigenvalue weighted by Gasteiger charge is -2.10. The van der Waals surface area contributed by atoms with Crippen LogP contribution in [-0.4, -0.2) is 18.4 Å². The Hall–Kier alpha value is -3.12. The predicted molar refractivity (Wildman–Crippen MR) is 123 cm³/mol. The molecule has 3 aromatic rings. The molecule has 0 bridgehead atoms. The van der Waals surface area contributed by atoms with Crippen molar-refractivity contribution in [1.29, 1.82) is 0 Å². The molecule has 0 heterocycles. The largest absolute Gasteiger partial charge is 0.493 e. The van der Waals surface area contributed by atoms with Gasteiger partial charge >= 0.3 is 0 Å². The minimum Gasteiger partial charge on any atom is -0.493 e. The van der Waals surface area contributed by atoms with Crippen molar-refractivity contribution in [1.82, 2.24) is 0 Å². The summed E-state index contributed by atoms with van der Waals surface area (Å²) in [5.41, 5.74) is 2.86. The van der Waals surface area contributed by atoms with Gasteiger partial charge in [0.15, 0.2) is 0 Å². The maximum absolute atomic E-state index is 12.6. The Kier molecular flexibility index (Phi) is 7.63. The normalized spacial score (nSPS) is 10.3. The van der Waals surface area contributed by atoms with Gasteiger partial charge in [-0.05, 0) is 71.2 Å². The number of carbonyl (C=O) groups excluding carboxylic acids is 2. The Balaban J connectivity index is 1.59. The molecule has 0 saturated carbocycles. The first-order chi connectivity index (χ1) is 14.5. The van der Waals surface area contributed by atoms with Crippen molar-refractivity contribution in [3.05, 3.63) is 88.4 Å². The highest BCUT2D eigenvalue weighted by Crippen LogP contribution is 2.26. The zero-order valence-electron chi connectivity index (χ0n) is 16.7. The van der Waals surface area contributed by atoms with Gasteiger partial charge in [-0.1, -0.05) is 36.4 Å². The number of hydrogen-bond donors (Lipinski definition) is 2. The van der Waals surface area contributed by atoms with E-state index in [1.54, 1.807) is 42.5 Å². The second-order valence-electron chi connectivity index (χ2n) is 6.65. The van der Waals surface area contributed by atoms with Crippen LogP contribution in [0.4, 0.5) is 11.4 Å². The molecule has 0 atom stereocenters. The van der Waals surface area contributed by atoms with E-state index in [2.05, 4.69) is 26.6 Å². The van der Waals surface area contributed by atoms with Gasteiger partial charge in [0.25, 0.3) is 5.91 Å². The van der Waals surface area contributed by atoms with Crippen molar-refractivity contribution in [3.63, 3.8) is 0 Å². The zero-order valence-corrected chi connectivity index (χ0v) is 18.2. The van der Waals surface area contributed by atoms with Gasteiger partial charge in [0.05, 0.1) is 11.1 Å². The van der Waals surface area contributed by atoms with Crippen molar-refractivity contribution in [2.75, 3.05) is 17.2 Å². The predicted octanol–water partition coefficient (Wildman–Crippen LogP) is 5.67. The molecule has 30 heavy (non-hydrogen) atoms. The van der Waals surface area contributed by atoms with E-state index >= 15 is 0 Å². The quantitative estimate of drug-likeness (QED) is 0.449. The van der Waals surface area contributed by atoms with Crippen LogP contribution in [0.3, 0.4) is 0 Å². The van der Waals surface area contributed by atoms with Crippen molar-refractivity contribution in [3.8, 4) is 5.75 Å². The molecule has 0 unspecified atom stereocenters. The van der Waals surface area contributed by atoms with Crippen LogP contribution in [0, 0.1) is 0 Å². The Morgan fingerprint density at radius 2 is 1.63 bits per heavy atom. The lowest BCUT2D eigenvalue weighted by atomic mass is 10.1. The molecular formula is C24H23BrN2O3. The van der Waals surface area contributed by atoms with Gasteiger partial charge in [-0.3, -0.25) is 9.59 Å². The number of amides is 2. The molecule has 154 valence electrons. The third-order valence-corrected chi connectivity index (χ3v) is 5.00. The molecule has 0 aromatic heterocycles. The van der Waals surface area contributed by atoms with Crippen molar-refractivity contribution >= 4 is 39.1 Å². The van der Waals surface area contributed by atoms with Gasteiger partial charge in [0, 0.05) is 23.4 Å². The van der Waals surface area contributed by atoms with Crippen molar-refractivity contribution in [2.45, 2.75) is 19.8 Å². The highest BCUT2D eigenvalue weighted by Gasteiger charge is 2.10. The fourth-order valence-electron chi connectivity index (χ4n) is 2.92. The van der Waals surface area contributed by atoms with Crippen LogP contribution in [0.1, 0.15) is 29.3 Å². The summed E-state index contributed by atoms with van der Waals surface area (Å²) in [5.74, 6) is 0.373. The van der Waals surface area contributed by atoms with E-state index in [0.717, 1.165) is 10.0 Å². The lowest BCUT2D eigenvalue weighted by Crippen LogP contribution is -2.14. The summed E-state index contributed by atoms with van der Waals surface area (Å²) >= 11 is 3.42. The van der Waals surface area contributed by atoms with E-state index in [-0.39, 0.29) is 11.8 Å². The molecule has 3 aromatic carbocycles. The van der Waals surface area contributed by atoms with Gasteiger partial charge in [0.1, 0.15) is 5.75 Å². The van der Waals surface area contributed by atoms with E-state index in [9.17, 15) is 9.59 Å². The molecule has 0 aliphatic rings. The molecule has 0 saturated heterocycles. The minimum atomic E-state index is -0.244. The summed E-state index contributed by atoms with van der Waals surface area (Å²) < 4.78 is 6.19. The molecule has 0 spiro atoms. The second-order valence-corrected chi connectivity index (χ2v) is 7.50. The summed E-state index contributed by atoms with van der Waals surface area (Å²) in [7, 11) is 0. The zero-order chi connectivity index (χ0) is 21.3. The monoisotopic (exact) mass is 466 g/mol. The Morgan fingerprint density at radius 3 is 2.33 bits per heavy atom. The van der Waals surface area contributed by atoms with Crippen LogP contribution in [0.15, 0.2) is 77.3 Å². The van der Waals surface area contributed by atoms with Gasteiger partial charge in [-0.25, -0.2) is 0 Å². The van der Waals surface area contributed by atoms with E-state index < -0.39 is 0 Å². The van der Waals surface area contributed by atoms with Crippen LogP contribution in [0.5, 0.6) is 5.75 Å². The fraction of sp³-hybridized carbons (Fsp3) is 0.167. The molecule has 0 radical (unpaired) electrons. The Morgan fingerprint density at radius 1 is 0.900 bits per heavy atom. The number of anilines is 2. The summed E-state index contributed by atoms with van der Waals surface area (Å²) in [4.78, 5) is 24.8. The highest BCUT2D eigenvalue weighted by molar-refractivity contribution is 9.10. The number of halogens is 1. The molecule has 2 amide bonds. The SMILES string of the molecule is CCOc1ccc(C(=O)Nc2cccc(NC(=O)CCc3ccccc3)c2)cc1Br. The van der Waals surface area contributed by atoms with Gasteiger partial charge in [0.2, 0.25) is 5.91 Å². The smallest absolute Gasteiger partial charge is 0.255 e. The van der Waals surface area contributed by atoms with Crippen molar-refractivity contribution in [2.24, 2.45) is 0 Å². The highest BCUT2D eigenvalue weighted by atomic mass is 79.9. The average Bonchev–Trinajstić information content (AvgIpc) is 2.75. The number of aryl methyl sites for hydroxylation is 1. The van der Waals surface area contributed by atoms with Crippen LogP contribution in [-0.2, 0) is 11.2 Å². The molecule has 3 rings (SSSR count). The first-order valence-electron chi connectivity index (χ1n) is 9.72. The molecular weight excluding hydrogens is 444 g/mol. The lowest BCUT2D eigenvalue weighted by molar-refractivity contribution is -0.116. The van der Waals surface area contributed by atoms with Crippen LogP contribution in [0.25, 0.3) is 0 Å². The third kappa shape index (κ3) is 6.19. The first-order valence-corrected chi connectivity index (χ1v) is 10.5. The number of rotatable bonds is 8. The first kappa shape index (κ1) is 21.6. The van der Waals surface area contributed by atoms with Crippen LogP contribution in [0.2, 0.25) is 0 Å². The van der Waals surface area contributed by atoms with Gasteiger partial charge in [-0.15, -0.1) is 0 Å². The third-order valence-electron chi connectivity index (χ3n) is 4.38. The summed E-state index contributed by atoms with van der Waals surface area (Å²) in [6, 6.07) is 22.2. The topological polar surface area (TPSA) is 67.4 Å². The van der Waals surface area contributed by atoms with Crippen LogP contribution < -0.4 is 15.4 Å². The Bertz CT molecular complexity index is 1020. The summed E-state index contributed by atoms with van der Waals surface area (Å²) in [6.45, 7) is 2.45. The minimum absolute atomic E-state index is 0.0715. The van der Waals surface area contributed by atoms with Gasteiger partial charge in [-0.2, -0.15) is 0 Å². The van der Waals surface area contributed by atoms with E-state index in [1.165, 1.54) is 0 Å². The maximum atomic E-state index is 12.6.